The molecule has 0 unspecified atom stereocenters. The number of hydrogen-bond acceptors (Lipinski definition) is 3. The number of carbonyl (C=O) groups excluding carboxylic acids is 1. The summed E-state index contributed by atoms with van der Waals surface area (Å²) < 4.78 is 29.4. The molecule has 2 aromatic carbocycles. The van der Waals surface area contributed by atoms with Gasteiger partial charge in [-0.3, -0.25) is 4.79 Å². The highest BCUT2D eigenvalue weighted by molar-refractivity contribution is 6.19. The number of para-hydroxylation sites is 2. The number of ether oxygens (including phenoxy) is 1. The first kappa shape index (κ1) is 16.4. The minimum Gasteiger partial charge on any atom is -0.434 e. The number of nitrogens with zero attached hydrogens (tertiary/aromatic N) is 1. The predicted molar refractivity (Wildman–Crippen MR) is 89.3 cm³/mol. The normalized spacial score (nSPS) is 11.5. The SMILES string of the molecule is N#C/C(=C\c1ccccc1OC(F)F)C(=O)c1c[nH]c2ccccc12. The number of halogens is 2. The molecule has 124 valence electrons. The zero-order valence-corrected chi connectivity index (χ0v) is 12.9. The molecule has 0 aliphatic rings. The van der Waals surface area contributed by atoms with Crippen molar-refractivity contribution in [3.05, 3.63) is 71.4 Å². The van der Waals surface area contributed by atoms with Crippen LogP contribution < -0.4 is 4.74 Å². The molecule has 0 amide bonds. The second-order valence-electron chi connectivity index (χ2n) is 5.16. The number of rotatable bonds is 5. The molecular formula is C19H12F2N2O2. The first-order valence-corrected chi connectivity index (χ1v) is 7.36. The van der Waals surface area contributed by atoms with E-state index in [2.05, 4.69) is 9.72 Å². The molecule has 0 fully saturated rings. The van der Waals surface area contributed by atoms with Gasteiger partial charge in [0, 0.05) is 28.2 Å². The maximum atomic E-state index is 12.7. The highest BCUT2D eigenvalue weighted by atomic mass is 19.3. The highest BCUT2D eigenvalue weighted by Gasteiger charge is 2.17. The van der Waals surface area contributed by atoms with E-state index >= 15 is 0 Å². The van der Waals surface area contributed by atoms with Gasteiger partial charge in [-0.1, -0.05) is 36.4 Å². The Bertz CT molecular complexity index is 1000. The van der Waals surface area contributed by atoms with Gasteiger partial charge in [-0.2, -0.15) is 14.0 Å². The first-order valence-electron chi connectivity index (χ1n) is 7.36. The molecule has 0 bridgehead atoms. The van der Waals surface area contributed by atoms with Gasteiger partial charge in [0.15, 0.2) is 0 Å². The monoisotopic (exact) mass is 338 g/mol. The van der Waals surface area contributed by atoms with Crippen LogP contribution in [0.15, 0.2) is 60.3 Å². The standard InChI is InChI=1S/C19H12F2N2O2/c20-19(21)25-17-8-4-1-5-12(17)9-13(10-22)18(24)15-11-23-16-7-3-2-6-14(15)16/h1-9,11,19,23H/b13-9+. The van der Waals surface area contributed by atoms with Crippen molar-refractivity contribution in [1.29, 1.82) is 5.26 Å². The Balaban J connectivity index is 2.02. The zero-order valence-electron chi connectivity index (χ0n) is 12.9. The molecule has 3 aromatic rings. The number of H-pyrrole nitrogens is 1. The number of alkyl halides is 2. The van der Waals surface area contributed by atoms with Crippen molar-refractivity contribution in [2.24, 2.45) is 0 Å². The summed E-state index contributed by atoms with van der Waals surface area (Å²) in [6, 6.07) is 15.0. The van der Waals surface area contributed by atoms with Crippen molar-refractivity contribution in [2.45, 2.75) is 6.61 Å². The summed E-state index contributed by atoms with van der Waals surface area (Å²) in [5.41, 5.74) is 1.17. The molecule has 0 aliphatic carbocycles. The fraction of sp³-hybridized carbons (Fsp3) is 0.0526. The zero-order chi connectivity index (χ0) is 17.8. The number of fused-ring (bicyclic) bond motifs is 1. The van der Waals surface area contributed by atoms with Crippen LogP contribution in [0.1, 0.15) is 15.9 Å². The summed E-state index contributed by atoms with van der Waals surface area (Å²) in [5.74, 6) is -0.594. The van der Waals surface area contributed by atoms with E-state index in [1.165, 1.54) is 30.5 Å². The van der Waals surface area contributed by atoms with Gasteiger partial charge in [0.05, 0.1) is 0 Å². The quantitative estimate of drug-likeness (QED) is 0.421. The number of allylic oxidation sites excluding steroid dienone is 1. The summed E-state index contributed by atoms with van der Waals surface area (Å²) >= 11 is 0. The number of hydrogen-bond donors (Lipinski definition) is 1. The summed E-state index contributed by atoms with van der Waals surface area (Å²) in [5, 5.41) is 10.0. The Hall–Kier alpha value is -3.46. The summed E-state index contributed by atoms with van der Waals surface area (Å²) in [7, 11) is 0. The molecule has 1 N–H and O–H groups in total. The first-order chi connectivity index (χ1) is 12.1. The summed E-state index contributed by atoms with van der Waals surface area (Å²) in [4.78, 5) is 15.7. The molecule has 0 spiro atoms. The van der Waals surface area contributed by atoms with E-state index < -0.39 is 12.4 Å². The maximum Gasteiger partial charge on any atom is 0.387 e. The van der Waals surface area contributed by atoms with E-state index in [1.54, 1.807) is 18.2 Å². The van der Waals surface area contributed by atoms with Crippen LogP contribution in [0.5, 0.6) is 5.75 Å². The van der Waals surface area contributed by atoms with Crippen LogP contribution in [-0.2, 0) is 0 Å². The van der Waals surface area contributed by atoms with Gasteiger partial charge in [0.1, 0.15) is 17.4 Å². The number of nitrogens with one attached hydrogen (secondary N) is 1. The van der Waals surface area contributed by atoms with Crippen molar-refractivity contribution < 1.29 is 18.3 Å². The number of carbonyl (C=O) groups is 1. The van der Waals surface area contributed by atoms with Gasteiger partial charge in [-0.25, -0.2) is 0 Å². The van der Waals surface area contributed by atoms with Gasteiger partial charge >= 0.3 is 6.61 Å². The molecule has 1 aromatic heterocycles. The Morgan fingerprint density at radius 2 is 1.88 bits per heavy atom. The molecule has 0 saturated carbocycles. The third-order valence-electron chi connectivity index (χ3n) is 3.63. The molecular weight excluding hydrogens is 326 g/mol. The minimum absolute atomic E-state index is 0.100. The third kappa shape index (κ3) is 3.40. The topological polar surface area (TPSA) is 65.9 Å². The average Bonchev–Trinajstić information content (AvgIpc) is 3.04. The molecule has 0 atom stereocenters. The van der Waals surface area contributed by atoms with Crippen LogP contribution in [0.25, 0.3) is 17.0 Å². The number of aromatic amines is 1. The molecule has 4 nitrogen and oxygen atoms in total. The van der Waals surface area contributed by atoms with Crippen LogP contribution in [0.3, 0.4) is 0 Å². The Morgan fingerprint density at radius 3 is 2.64 bits per heavy atom. The third-order valence-corrected chi connectivity index (χ3v) is 3.63. The number of benzene rings is 2. The fourth-order valence-corrected chi connectivity index (χ4v) is 2.51. The van der Waals surface area contributed by atoms with Gasteiger partial charge in [-0.05, 0) is 18.2 Å². The van der Waals surface area contributed by atoms with E-state index in [0.717, 1.165) is 5.52 Å². The molecule has 0 aliphatic heterocycles. The van der Waals surface area contributed by atoms with Crippen LogP contribution in [0.4, 0.5) is 8.78 Å². The fourth-order valence-electron chi connectivity index (χ4n) is 2.51. The molecule has 6 heteroatoms. The van der Waals surface area contributed by atoms with Crippen molar-refractivity contribution in [3.63, 3.8) is 0 Å². The van der Waals surface area contributed by atoms with Crippen LogP contribution >= 0.6 is 0 Å². The van der Waals surface area contributed by atoms with Gasteiger partial charge in [0.25, 0.3) is 0 Å². The summed E-state index contributed by atoms with van der Waals surface area (Å²) in [6.45, 7) is -3.00. The Kier molecular flexibility index (Phi) is 4.57. The molecule has 25 heavy (non-hydrogen) atoms. The van der Waals surface area contributed by atoms with Gasteiger partial charge in [0.2, 0.25) is 5.78 Å². The lowest BCUT2D eigenvalue weighted by molar-refractivity contribution is -0.0499. The second kappa shape index (κ2) is 6.97. The smallest absolute Gasteiger partial charge is 0.387 e. The van der Waals surface area contributed by atoms with E-state index in [4.69, 9.17) is 0 Å². The number of ketones is 1. The predicted octanol–water partition coefficient (Wildman–Crippen LogP) is 4.56. The summed E-state index contributed by atoms with van der Waals surface area (Å²) in [6.07, 6.45) is 2.78. The molecule has 1 heterocycles. The van der Waals surface area contributed by atoms with E-state index in [9.17, 15) is 18.8 Å². The maximum absolute atomic E-state index is 12.7. The minimum atomic E-state index is -3.00. The number of aromatic nitrogens is 1. The van der Waals surface area contributed by atoms with Crippen LogP contribution in [0, 0.1) is 11.3 Å². The number of nitriles is 1. The van der Waals surface area contributed by atoms with E-state index in [1.807, 2.05) is 18.2 Å². The average molecular weight is 338 g/mol. The lowest BCUT2D eigenvalue weighted by Gasteiger charge is -2.07. The molecule has 0 saturated heterocycles. The van der Waals surface area contributed by atoms with Crippen molar-refractivity contribution in [1.82, 2.24) is 4.98 Å². The van der Waals surface area contributed by atoms with Gasteiger partial charge in [-0.15, -0.1) is 0 Å². The van der Waals surface area contributed by atoms with Crippen LogP contribution in [0.2, 0.25) is 0 Å². The second-order valence-corrected chi connectivity index (χ2v) is 5.16. The Labute approximate surface area is 142 Å². The highest BCUT2D eigenvalue weighted by Crippen LogP contribution is 2.25. The Morgan fingerprint density at radius 1 is 1.16 bits per heavy atom. The molecule has 3 rings (SSSR count). The van der Waals surface area contributed by atoms with E-state index in [0.29, 0.717) is 10.9 Å². The largest absolute Gasteiger partial charge is 0.434 e. The van der Waals surface area contributed by atoms with Crippen molar-refractivity contribution >= 4 is 22.8 Å². The van der Waals surface area contributed by atoms with Crippen LogP contribution in [-0.4, -0.2) is 17.4 Å². The molecule has 0 radical (unpaired) electrons. The van der Waals surface area contributed by atoms with Crippen molar-refractivity contribution in [2.75, 3.05) is 0 Å². The number of Topliss-reactive ketones (excluding diaryl/α,β-unsaturated/α-hetero) is 1. The van der Waals surface area contributed by atoms with Crippen molar-refractivity contribution in [3.8, 4) is 11.8 Å². The lowest BCUT2D eigenvalue weighted by atomic mass is 10.0. The van der Waals surface area contributed by atoms with Gasteiger partial charge < -0.3 is 9.72 Å². The van der Waals surface area contributed by atoms with E-state index in [-0.39, 0.29) is 16.9 Å². The lowest BCUT2D eigenvalue weighted by Crippen LogP contribution is -2.04.